The van der Waals surface area contributed by atoms with Crippen LogP contribution in [0.4, 0.5) is 0 Å². The zero-order chi connectivity index (χ0) is 14.3. The fourth-order valence-electron chi connectivity index (χ4n) is 1.60. The van der Waals surface area contributed by atoms with Gasteiger partial charge in [0.05, 0.1) is 0 Å². The van der Waals surface area contributed by atoms with Crippen molar-refractivity contribution in [2.24, 2.45) is 0 Å². The molecule has 0 aliphatic rings. The van der Waals surface area contributed by atoms with Gasteiger partial charge in [-0.1, -0.05) is 0 Å². The molecule has 6 heteroatoms. The minimum atomic E-state index is -5.17. The van der Waals surface area contributed by atoms with Crippen LogP contribution in [0.3, 0.4) is 0 Å². The molecule has 0 saturated carbocycles. The summed E-state index contributed by atoms with van der Waals surface area (Å²) >= 11 is 1.58. The van der Waals surface area contributed by atoms with E-state index in [9.17, 15) is 0 Å². The maximum atomic E-state index is 8.52. The van der Waals surface area contributed by atoms with Crippen molar-refractivity contribution in [2.45, 2.75) is 75.3 Å². The molecule has 0 amide bonds. The van der Waals surface area contributed by atoms with Crippen LogP contribution < -0.4 is 0 Å². The van der Waals surface area contributed by atoms with Crippen LogP contribution in [0, 0.1) is 0 Å². The Kier molecular flexibility index (Phi) is 18.5. The van der Waals surface area contributed by atoms with Gasteiger partial charge in [0.25, 0.3) is 0 Å². The second kappa shape index (κ2) is 15.8. The van der Waals surface area contributed by atoms with Crippen LogP contribution in [0.25, 0.3) is 0 Å². The van der Waals surface area contributed by atoms with Crippen molar-refractivity contribution in [1.82, 2.24) is 0 Å². The molecule has 0 aliphatic carbocycles. The Labute approximate surface area is 127 Å². The molecule has 0 rings (SSSR count). The first-order valence-corrected chi connectivity index (χ1v) is 10.5. The Balaban J connectivity index is 0. The second-order valence-electron chi connectivity index (χ2n) is 4.31. The van der Waals surface area contributed by atoms with Crippen LogP contribution in [0.5, 0.6) is 0 Å². The van der Waals surface area contributed by atoms with Gasteiger partial charge in [-0.05, 0) is 0 Å². The van der Waals surface area contributed by atoms with Crippen molar-refractivity contribution in [2.75, 3.05) is 0 Å². The molecule has 0 aromatic heterocycles. The van der Waals surface area contributed by atoms with Gasteiger partial charge in [0.1, 0.15) is 0 Å². The maximum absolute atomic E-state index is 8.52. The Bertz CT molecular complexity index is 224. The molecule has 18 heavy (non-hydrogen) atoms. The Hall–Kier alpha value is 0.753. The molecule has 0 spiro atoms. The quantitative estimate of drug-likeness (QED) is 0.211. The van der Waals surface area contributed by atoms with Crippen LogP contribution >= 0.6 is 0 Å². The van der Waals surface area contributed by atoms with E-state index in [2.05, 4.69) is 6.92 Å². The van der Waals surface area contributed by atoms with Gasteiger partial charge in [-0.3, -0.25) is 8.42 Å². The first-order valence-electron chi connectivity index (χ1n) is 6.69. The third-order valence-corrected chi connectivity index (χ3v) is 3.74. The van der Waals surface area contributed by atoms with Crippen LogP contribution in [0.1, 0.15) is 71.1 Å². The average molecular weight is 474 g/mol. The van der Waals surface area contributed by atoms with Gasteiger partial charge in [-0.15, -0.1) is 0 Å². The van der Waals surface area contributed by atoms with E-state index < -0.39 is 10.4 Å². The summed E-state index contributed by atoms with van der Waals surface area (Å²) in [5, 5.41) is 0. The summed E-state index contributed by atoms with van der Waals surface area (Å²) in [7, 11) is -5.17. The summed E-state index contributed by atoms with van der Waals surface area (Å²) in [6, 6.07) is 0. The van der Waals surface area contributed by atoms with Gasteiger partial charge >= 0.3 is 100.0 Å². The summed E-state index contributed by atoms with van der Waals surface area (Å²) in [5.41, 5.74) is 0. The normalized spacial score (nSPS) is 10.8. The van der Waals surface area contributed by atoms with E-state index in [0.717, 1.165) is 0 Å². The standard InChI is InChI=1S/C12H25.Bi.H2O4S/c1-3-5-7-9-11-12-10-8-6-4-2;;1-5(2,3)4/h1,3-12H2,2H3;;(H2,1,2,3,4)/q;+2;/p-2. The third kappa shape index (κ3) is 36.0. The van der Waals surface area contributed by atoms with E-state index in [1.54, 1.807) is 24.7 Å². The van der Waals surface area contributed by atoms with Gasteiger partial charge in [0, 0.05) is 10.4 Å². The Morgan fingerprint density at radius 2 is 1.06 bits per heavy atom. The van der Waals surface area contributed by atoms with Crippen LogP contribution in [0.15, 0.2) is 0 Å². The van der Waals surface area contributed by atoms with Crippen molar-refractivity contribution in [3.8, 4) is 0 Å². The van der Waals surface area contributed by atoms with Crippen molar-refractivity contribution < 1.29 is 17.5 Å². The molecule has 2 radical (unpaired) electrons. The molecule has 0 heterocycles. The first kappa shape index (κ1) is 21.1. The van der Waals surface area contributed by atoms with Crippen molar-refractivity contribution in [1.29, 1.82) is 0 Å². The van der Waals surface area contributed by atoms with E-state index in [1.807, 2.05) is 0 Å². The minimum absolute atomic E-state index is 1.37. The van der Waals surface area contributed by atoms with Crippen LogP contribution in [-0.4, -0.2) is 42.2 Å². The summed E-state index contributed by atoms with van der Waals surface area (Å²) < 4.78 is 35.6. The number of unbranched alkanes of at least 4 members (excludes halogenated alkanes) is 9. The van der Waals surface area contributed by atoms with Gasteiger partial charge < -0.3 is 9.11 Å². The molecule has 0 aromatic rings. The zero-order valence-electron chi connectivity index (χ0n) is 11.3. The van der Waals surface area contributed by atoms with E-state index in [0.29, 0.717) is 0 Å². The molecule has 0 aliphatic heterocycles. The molecule has 0 N–H and O–H groups in total. The molecule has 0 unspecified atom stereocenters. The van der Waals surface area contributed by atoms with E-state index in [4.69, 9.17) is 17.5 Å². The fourth-order valence-corrected chi connectivity index (χ4v) is 2.47. The number of rotatable bonds is 10. The van der Waals surface area contributed by atoms with E-state index in [1.165, 1.54) is 68.3 Å². The van der Waals surface area contributed by atoms with Crippen molar-refractivity contribution >= 4 is 35.1 Å². The van der Waals surface area contributed by atoms with Crippen LogP contribution in [0.2, 0.25) is 4.13 Å². The molecule has 4 nitrogen and oxygen atoms in total. The minimum Gasteiger partial charge on any atom is -0.759 e. The molecule has 0 bridgehead atoms. The number of hydrogen-bond acceptors (Lipinski definition) is 4. The van der Waals surface area contributed by atoms with Crippen LogP contribution in [-0.2, 0) is 10.4 Å². The average Bonchev–Trinajstić information content (AvgIpc) is 2.25. The maximum Gasteiger partial charge on any atom is 0.0311 e. The SMILES string of the molecule is CCCCCCCCCCC[CH2][Bi+2].O=S(=O)([O-])[O-]. The molecule has 0 saturated heterocycles. The smallest absolute Gasteiger partial charge is 0.0311 e. The van der Waals surface area contributed by atoms with Gasteiger partial charge in [-0.2, -0.15) is 0 Å². The molecule has 0 aromatic carbocycles. The molecular formula is C12H25BiO4S. The number of hydrogen-bond donors (Lipinski definition) is 0. The summed E-state index contributed by atoms with van der Waals surface area (Å²) in [4.78, 5) is 0. The third-order valence-electron chi connectivity index (χ3n) is 2.51. The van der Waals surface area contributed by atoms with Crippen molar-refractivity contribution in [3.63, 3.8) is 0 Å². The predicted molar refractivity (Wildman–Crippen MR) is 72.9 cm³/mol. The molecule has 0 fully saturated rings. The Morgan fingerprint density at radius 1 is 0.778 bits per heavy atom. The predicted octanol–water partition coefficient (Wildman–Crippen LogP) is 3.16. The van der Waals surface area contributed by atoms with E-state index in [-0.39, 0.29) is 0 Å². The zero-order valence-corrected chi connectivity index (χ0v) is 15.6. The largest absolute Gasteiger partial charge is 0.759 e. The topological polar surface area (TPSA) is 80.3 Å². The molecular weight excluding hydrogens is 449 g/mol. The van der Waals surface area contributed by atoms with E-state index >= 15 is 0 Å². The fraction of sp³-hybridized carbons (Fsp3) is 1.00. The second-order valence-corrected chi connectivity index (χ2v) is 6.87. The van der Waals surface area contributed by atoms with Gasteiger partial charge in [0.2, 0.25) is 0 Å². The first-order chi connectivity index (χ1) is 8.41. The monoisotopic (exact) mass is 474 g/mol. The summed E-state index contributed by atoms with van der Waals surface area (Å²) in [6.45, 7) is 2.29. The molecule has 108 valence electrons. The van der Waals surface area contributed by atoms with Crippen molar-refractivity contribution in [3.05, 3.63) is 0 Å². The summed E-state index contributed by atoms with van der Waals surface area (Å²) in [6.07, 6.45) is 14.7. The Morgan fingerprint density at radius 3 is 1.33 bits per heavy atom. The van der Waals surface area contributed by atoms with Gasteiger partial charge in [-0.25, -0.2) is 0 Å². The molecule has 0 atom stereocenters. The van der Waals surface area contributed by atoms with Gasteiger partial charge in [0.15, 0.2) is 0 Å². The summed E-state index contributed by atoms with van der Waals surface area (Å²) in [5.74, 6) is 0.